The van der Waals surface area contributed by atoms with Gasteiger partial charge in [0, 0.05) is 5.56 Å². The number of benzene rings is 1. The second-order valence-corrected chi connectivity index (χ2v) is 3.13. The lowest BCUT2D eigenvalue weighted by atomic mass is 10.2. The highest BCUT2D eigenvalue weighted by atomic mass is 16.5. The van der Waals surface area contributed by atoms with Gasteiger partial charge in [-0.05, 0) is 24.3 Å². The van der Waals surface area contributed by atoms with Crippen molar-refractivity contribution >= 4 is 12.0 Å². The molecular formula is C10H10N4O3. The number of nitrogens with one attached hydrogen (secondary N) is 1. The van der Waals surface area contributed by atoms with E-state index in [1.54, 1.807) is 31.4 Å². The van der Waals surface area contributed by atoms with Crippen LogP contribution < -0.4 is 15.8 Å². The zero-order valence-electron chi connectivity index (χ0n) is 9.01. The van der Waals surface area contributed by atoms with Gasteiger partial charge in [0.15, 0.2) is 0 Å². The fourth-order valence-corrected chi connectivity index (χ4v) is 1.23. The van der Waals surface area contributed by atoms with Crippen LogP contribution in [0, 0.1) is 0 Å². The van der Waals surface area contributed by atoms with E-state index < -0.39 is 6.03 Å². The average Bonchev–Trinajstić information content (AvgIpc) is 2.77. The zero-order chi connectivity index (χ0) is 12.3. The molecule has 0 radical (unpaired) electrons. The second-order valence-electron chi connectivity index (χ2n) is 3.13. The predicted molar refractivity (Wildman–Crippen MR) is 59.5 cm³/mol. The van der Waals surface area contributed by atoms with E-state index in [2.05, 4.69) is 15.5 Å². The van der Waals surface area contributed by atoms with Crippen LogP contribution in [0.4, 0.5) is 10.8 Å². The molecule has 0 aliphatic heterocycles. The quantitative estimate of drug-likeness (QED) is 0.831. The third-order valence-corrected chi connectivity index (χ3v) is 1.99. The van der Waals surface area contributed by atoms with Gasteiger partial charge in [0.25, 0.3) is 0 Å². The Hall–Kier alpha value is -2.57. The summed E-state index contributed by atoms with van der Waals surface area (Å²) in [6.07, 6.45) is 0. The Morgan fingerprint density at radius 3 is 2.65 bits per heavy atom. The van der Waals surface area contributed by atoms with E-state index in [-0.39, 0.29) is 11.9 Å². The summed E-state index contributed by atoms with van der Waals surface area (Å²) >= 11 is 0. The van der Waals surface area contributed by atoms with E-state index in [1.807, 2.05) is 0 Å². The number of nitrogens with two attached hydrogens (primary N) is 1. The predicted octanol–water partition coefficient (Wildman–Crippen LogP) is 1.24. The summed E-state index contributed by atoms with van der Waals surface area (Å²) in [7, 11) is 1.58. The van der Waals surface area contributed by atoms with Crippen LogP contribution in [0.25, 0.3) is 11.5 Å². The number of methoxy groups -OCH3 is 1. The molecule has 2 aromatic rings. The number of carbonyl (C=O) groups excluding carboxylic acids is 1. The third kappa shape index (κ3) is 2.51. The van der Waals surface area contributed by atoms with Crippen LogP contribution in [-0.4, -0.2) is 23.3 Å². The van der Waals surface area contributed by atoms with E-state index in [0.717, 1.165) is 11.3 Å². The minimum atomic E-state index is -0.755. The maximum Gasteiger partial charge on any atom is 0.324 e. The van der Waals surface area contributed by atoms with Crippen molar-refractivity contribution in [2.24, 2.45) is 5.73 Å². The van der Waals surface area contributed by atoms with Crippen LogP contribution in [0.3, 0.4) is 0 Å². The summed E-state index contributed by atoms with van der Waals surface area (Å²) < 4.78 is 10.2. The van der Waals surface area contributed by atoms with Crippen molar-refractivity contribution in [1.82, 2.24) is 10.2 Å². The van der Waals surface area contributed by atoms with Crippen molar-refractivity contribution in [3.8, 4) is 17.2 Å². The Labute approximate surface area is 96.6 Å². The van der Waals surface area contributed by atoms with Crippen molar-refractivity contribution in [3.05, 3.63) is 24.3 Å². The van der Waals surface area contributed by atoms with Gasteiger partial charge in [-0.3, -0.25) is 5.32 Å². The highest BCUT2D eigenvalue weighted by Crippen LogP contribution is 2.22. The Kier molecular flexibility index (Phi) is 2.91. The summed E-state index contributed by atoms with van der Waals surface area (Å²) in [5.41, 5.74) is 5.63. The zero-order valence-corrected chi connectivity index (χ0v) is 9.01. The first-order valence-corrected chi connectivity index (χ1v) is 4.73. The lowest BCUT2D eigenvalue weighted by molar-refractivity contribution is 0.258. The molecule has 1 aromatic carbocycles. The first kappa shape index (κ1) is 10.9. The van der Waals surface area contributed by atoms with Gasteiger partial charge in [0.1, 0.15) is 5.75 Å². The molecule has 1 heterocycles. The molecular weight excluding hydrogens is 224 g/mol. The molecule has 1 aromatic heterocycles. The molecule has 7 nitrogen and oxygen atoms in total. The Morgan fingerprint density at radius 1 is 1.35 bits per heavy atom. The molecule has 88 valence electrons. The number of hydrogen-bond acceptors (Lipinski definition) is 5. The summed E-state index contributed by atoms with van der Waals surface area (Å²) in [6.45, 7) is 0. The first-order valence-electron chi connectivity index (χ1n) is 4.73. The number of ether oxygens (including phenoxy) is 1. The van der Waals surface area contributed by atoms with Gasteiger partial charge in [0.2, 0.25) is 5.89 Å². The Morgan fingerprint density at radius 2 is 2.06 bits per heavy atom. The number of hydrogen-bond donors (Lipinski definition) is 2. The molecule has 2 amide bonds. The van der Waals surface area contributed by atoms with Crippen LogP contribution in [0.5, 0.6) is 5.75 Å². The maximum atomic E-state index is 10.6. The van der Waals surface area contributed by atoms with Crippen molar-refractivity contribution in [2.75, 3.05) is 12.4 Å². The lowest BCUT2D eigenvalue weighted by Crippen LogP contribution is -2.19. The van der Waals surface area contributed by atoms with Crippen molar-refractivity contribution in [1.29, 1.82) is 0 Å². The molecule has 0 spiro atoms. The normalized spacial score (nSPS) is 9.94. The number of amides is 2. The van der Waals surface area contributed by atoms with Gasteiger partial charge in [-0.2, -0.15) is 0 Å². The maximum absolute atomic E-state index is 10.6. The molecule has 0 fully saturated rings. The summed E-state index contributed by atoms with van der Waals surface area (Å²) in [5, 5.41) is 9.57. The number of primary amides is 1. The van der Waals surface area contributed by atoms with Gasteiger partial charge < -0.3 is 14.9 Å². The summed E-state index contributed by atoms with van der Waals surface area (Å²) in [4.78, 5) is 10.6. The van der Waals surface area contributed by atoms with Crippen LogP contribution in [-0.2, 0) is 0 Å². The minimum absolute atomic E-state index is 0.0386. The van der Waals surface area contributed by atoms with E-state index in [1.165, 1.54) is 0 Å². The molecule has 17 heavy (non-hydrogen) atoms. The van der Waals surface area contributed by atoms with E-state index >= 15 is 0 Å². The largest absolute Gasteiger partial charge is 0.497 e. The van der Waals surface area contributed by atoms with Crippen LogP contribution >= 0.6 is 0 Å². The van der Waals surface area contributed by atoms with Gasteiger partial charge in [0.05, 0.1) is 7.11 Å². The molecule has 0 saturated heterocycles. The number of urea groups is 1. The van der Waals surface area contributed by atoms with Gasteiger partial charge in [-0.25, -0.2) is 4.79 Å². The fourth-order valence-electron chi connectivity index (χ4n) is 1.23. The number of aromatic nitrogens is 2. The monoisotopic (exact) mass is 234 g/mol. The molecule has 0 saturated carbocycles. The van der Waals surface area contributed by atoms with Gasteiger partial charge in [-0.15, -0.1) is 5.10 Å². The van der Waals surface area contributed by atoms with Crippen LogP contribution in [0.15, 0.2) is 28.7 Å². The molecule has 7 heteroatoms. The van der Waals surface area contributed by atoms with Gasteiger partial charge >= 0.3 is 12.0 Å². The molecule has 2 rings (SSSR count). The molecule has 0 aliphatic carbocycles. The summed E-state index contributed by atoms with van der Waals surface area (Å²) in [6, 6.07) is 6.26. The third-order valence-electron chi connectivity index (χ3n) is 1.99. The highest BCUT2D eigenvalue weighted by molar-refractivity contribution is 5.85. The lowest BCUT2D eigenvalue weighted by Gasteiger charge is -1.99. The fraction of sp³-hybridized carbons (Fsp3) is 0.100. The second kappa shape index (κ2) is 4.52. The number of rotatable bonds is 3. The number of carbonyl (C=O) groups is 1. The van der Waals surface area contributed by atoms with Crippen LogP contribution in [0.1, 0.15) is 0 Å². The minimum Gasteiger partial charge on any atom is -0.497 e. The molecule has 0 bridgehead atoms. The SMILES string of the molecule is COc1ccc(-c2nnc(NC(N)=O)o2)cc1. The Bertz CT molecular complexity index is 521. The molecule has 0 aliphatic rings. The van der Waals surface area contributed by atoms with E-state index in [0.29, 0.717) is 0 Å². The molecule has 0 unspecified atom stereocenters. The van der Waals surface area contributed by atoms with Crippen molar-refractivity contribution in [2.45, 2.75) is 0 Å². The van der Waals surface area contributed by atoms with Crippen molar-refractivity contribution in [3.63, 3.8) is 0 Å². The first-order chi connectivity index (χ1) is 8.19. The smallest absolute Gasteiger partial charge is 0.324 e. The van der Waals surface area contributed by atoms with E-state index in [9.17, 15) is 4.79 Å². The highest BCUT2D eigenvalue weighted by Gasteiger charge is 2.09. The Balaban J connectivity index is 2.21. The number of anilines is 1. The molecule has 0 atom stereocenters. The van der Waals surface area contributed by atoms with Crippen LogP contribution in [0.2, 0.25) is 0 Å². The summed E-state index contributed by atoms with van der Waals surface area (Å²) in [5.74, 6) is 1.01. The number of nitrogens with zero attached hydrogens (tertiary/aromatic N) is 2. The standard InChI is InChI=1S/C10H10N4O3/c1-16-7-4-2-6(3-5-7)8-13-14-10(17-8)12-9(11)15/h2-5H,1H3,(H3,11,12,14,15). The van der Waals surface area contributed by atoms with E-state index in [4.69, 9.17) is 14.9 Å². The topological polar surface area (TPSA) is 103 Å². The molecule has 3 N–H and O–H groups in total. The van der Waals surface area contributed by atoms with Crippen molar-refractivity contribution < 1.29 is 13.9 Å². The average molecular weight is 234 g/mol. The van der Waals surface area contributed by atoms with Gasteiger partial charge in [-0.1, -0.05) is 5.10 Å².